The smallest absolute Gasteiger partial charge is 0.260 e. The Bertz CT molecular complexity index is 1230. The number of carbonyl (C=O) groups excluding carboxylic acids is 1. The number of benzene rings is 3. The molecule has 1 amide bonds. The number of thiazole rings is 1. The number of methoxy groups -OCH3 is 1. The van der Waals surface area contributed by atoms with Crippen LogP contribution in [0.25, 0.3) is 10.2 Å². The maximum Gasteiger partial charge on any atom is 0.260 e. The third-order valence-electron chi connectivity index (χ3n) is 5.92. The van der Waals surface area contributed by atoms with Crippen molar-refractivity contribution < 1.29 is 14.3 Å². The van der Waals surface area contributed by atoms with Crippen molar-refractivity contribution >= 4 is 32.6 Å². The number of amides is 1. The molecular formula is C27H26N2O3S. The van der Waals surface area contributed by atoms with Crippen molar-refractivity contribution in [3.8, 4) is 5.75 Å². The molecule has 0 saturated carbocycles. The van der Waals surface area contributed by atoms with Crippen molar-refractivity contribution in [2.24, 2.45) is 0 Å². The number of nitrogens with zero attached hydrogens (tertiary/aromatic N) is 2. The Morgan fingerprint density at radius 2 is 1.88 bits per heavy atom. The number of rotatable bonds is 7. The molecule has 0 spiro atoms. The van der Waals surface area contributed by atoms with E-state index in [0.29, 0.717) is 17.2 Å². The SMILES string of the molecule is COc1ccc2sc(N(CC3CCCO3)C(=O)c3ccc(Cc4ccccc4)cc3)nc2c1. The zero-order valence-electron chi connectivity index (χ0n) is 18.6. The molecule has 0 N–H and O–H groups in total. The van der Waals surface area contributed by atoms with Crippen LogP contribution < -0.4 is 9.64 Å². The Balaban J connectivity index is 1.41. The molecule has 2 heterocycles. The highest BCUT2D eigenvalue weighted by Gasteiger charge is 2.27. The molecule has 0 radical (unpaired) electrons. The van der Waals surface area contributed by atoms with Crippen LogP contribution in [0.4, 0.5) is 5.13 Å². The van der Waals surface area contributed by atoms with Gasteiger partial charge in [-0.2, -0.15) is 0 Å². The van der Waals surface area contributed by atoms with Crippen LogP contribution in [0.1, 0.15) is 34.3 Å². The normalized spacial score (nSPS) is 15.6. The first-order valence-corrected chi connectivity index (χ1v) is 12.0. The summed E-state index contributed by atoms with van der Waals surface area (Å²) in [6.07, 6.45) is 2.86. The second-order valence-electron chi connectivity index (χ2n) is 8.24. The van der Waals surface area contributed by atoms with Gasteiger partial charge in [-0.05, 0) is 54.7 Å². The zero-order chi connectivity index (χ0) is 22.6. The van der Waals surface area contributed by atoms with Gasteiger partial charge in [0.15, 0.2) is 5.13 Å². The molecule has 1 aliphatic heterocycles. The van der Waals surface area contributed by atoms with Gasteiger partial charge in [0.25, 0.3) is 5.91 Å². The van der Waals surface area contributed by atoms with Crippen LogP contribution in [0, 0.1) is 0 Å². The summed E-state index contributed by atoms with van der Waals surface area (Å²) >= 11 is 1.52. The average Bonchev–Trinajstić information content (AvgIpc) is 3.52. The first kappa shape index (κ1) is 21.6. The monoisotopic (exact) mass is 458 g/mol. The Labute approximate surface area is 197 Å². The van der Waals surface area contributed by atoms with Gasteiger partial charge in [0.2, 0.25) is 0 Å². The van der Waals surface area contributed by atoms with Crippen molar-refractivity contribution in [2.75, 3.05) is 25.2 Å². The highest BCUT2D eigenvalue weighted by molar-refractivity contribution is 7.22. The molecule has 6 heteroatoms. The lowest BCUT2D eigenvalue weighted by Gasteiger charge is -2.23. The number of hydrogen-bond donors (Lipinski definition) is 0. The van der Waals surface area contributed by atoms with E-state index in [1.807, 2.05) is 60.7 Å². The molecule has 33 heavy (non-hydrogen) atoms. The maximum absolute atomic E-state index is 13.6. The van der Waals surface area contributed by atoms with Gasteiger partial charge in [0, 0.05) is 18.2 Å². The summed E-state index contributed by atoms with van der Waals surface area (Å²) in [5.41, 5.74) is 3.91. The van der Waals surface area contributed by atoms with Crippen LogP contribution in [0.2, 0.25) is 0 Å². The van der Waals surface area contributed by atoms with E-state index in [0.717, 1.165) is 41.8 Å². The van der Waals surface area contributed by atoms with E-state index < -0.39 is 0 Å². The predicted octanol–water partition coefficient (Wildman–Crippen LogP) is 5.72. The van der Waals surface area contributed by atoms with Crippen molar-refractivity contribution in [3.63, 3.8) is 0 Å². The fourth-order valence-corrected chi connectivity index (χ4v) is 5.08. The van der Waals surface area contributed by atoms with Gasteiger partial charge in [-0.25, -0.2) is 4.98 Å². The minimum atomic E-state index is -0.0530. The molecule has 1 fully saturated rings. The number of carbonyl (C=O) groups is 1. The summed E-state index contributed by atoms with van der Waals surface area (Å²) < 4.78 is 12.2. The van der Waals surface area contributed by atoms with Crippen LogP contribution in [0.5, 0.6) is 5.75 Å². The van der Waals surface area contributed by atoms with Crippen molar-refractivity contribution in [1.29, 1.82) is 0 Å². The van der Waals surface area contributed by atoms with Crippen LogP contribution >= 0.6 is 11.3 Å². The standard InChI is InChI=1S/C27H26N2O3S/c1-31-22-13-14-25-24(17-22)28-27(33-25)29(18-23-8-5-15-32-23)26(30)21-11-9-20(10-12-21)16-19-6-3-2-4-7-19/h2-4,6-7,9-14,17,23H,5,8,15-16,18H2,1H3. The van der Waals surface area contributed by atoms with Gasteiger partial charge in [0.05, 0.1) is 30.0 Å². The Kier molecular flexibility index (Phi) is 6.37. The van der Waals surface area contributed by atoms with E-state index in [1.165, 1.54) is 22.5 Å². The molecule has 1 atom stereocenters. The summed E-state index contributed by atoms with van der Waals surface area (Å²) in [7, 11) is 1.64. The predicted molar refractivity (Wildman–Crippen MR) is 133 cm³/mol. The van der Waals surface area contributed by atoms with E-state index >= 15 is 0 Å². The minimum absolute atomic E-state index is 0.0350. The highest BCUT2D eigenvalue weighted by Crippen LogP contribution is 2.33. The lowest BCUT2D eigenvalue weighted by Crippen LogP contribution is -2.37. The number of fused-ring (bicyclic) bond motifs is 1. The van der Waals surface area contributed by atoms with Gasteiger partial charge >= 0.3 is 0 Å². The maximum atomic E-state index is 13.6. The number of ether oxygens (including phenoxy) is 2. The lowest BCUT2D eigenvalue weighted by molar-refractivity contribution is 0.0917. The molecule has 0 bridgehead atoms. The Morgan fingerprint density at radius 1 is 1.09 bits per heavy atom. The molecule has 5 nitrogen and oxygen atoms in total. The van der Waals surface area contributed by atoms with Gasteiger partial charge in [-0.1, -0.05) is 53.8 Å². The van der Waals surface area contributed by atoms with E-state index in [-0.39, 0.29) is 12.0 Å². The minimum Gasteiger partial charge on any atom is -0.497 e. The number of anilines is 1. The summed E-state index contributed by atoms with van der Waals surface area (Å²) in [5.74, 6) is 0.702. The third kappa shape index (κ3) is 4.92. The molecular weight excluding hydrogens is 432 g/mol. The van der Waals surface area contributed by atoms with Crippen molar-refractivity contribution in [1.82, 2.24) is 4.98 Å². The first-order chi connectivity index (χ1) is 16.2. The van der Waals surface area contributed by atoms with Crippen LogP contribution in [-0.4, -0.2) is 37.3 Å². The Morgan fingerprint density at radius 3 is 2.61 bits per heavy atom. The molecule has 5 rings (SSSR count). The van der Waals surface area contributed by atoms with Crippen LogP contribution in [0.15, 0.2) is 72.8 Å². The van der Waals surface area contributed by atoms with Gasteiger partial charge < -0.3 is 9.47 Å². The second-order valence-corrected chi connectivity index (χ2v) is 9.25. The van der Waals surface area contributed by atoms with Crippen molar-refractivity contribution in [2.45, 2.75) is 25.4 Å². The molecule has 1 saturated heterocycles. The molecule has 3 aromatic carbocycles. The molecule has 4 aromatic rings. The van der Waals surface area contributed by atoms with E-state index in [9.17, 15) is 4.79 Å². The molecule has 1 aliphatic rings. The van der Waals surface area contributed by atoms with E-state index in [2.05, 4.69) is 12.1 Å². The first-order valence-electron chi connectivity index (χ1n) is 11.2. The van der Waals surface area contributed by atoms with Crippen LogP contribution in [0.3, 0.4) is 0 Å². The fourth-order valence-electron chi connectivity index (χ4n) is 4.13. The summed E-state index contributed by atoms with van der Waals surface area (Å²) in [5, 5.41) is 0.687. The average molecular weight is 459 g/mol. The highest BCUT2D eigenvalue weighted by atomic mass is 32.1. The molecule has 0 aliphatic carbocycles. The number of hydrogen-bond acceptors (Lipinski definition) is 5. The summed E-state index contributed by atoms with van der Waals surface area (Å²) in [6, 6.07) is 24.1. The van der Waals surface area contributed by atoms with Gasteiger partial charge in [-0.3, -0.25) is 9.69 Å². The largest absolute Gasteiger partial charge is 0.497 e. The summed E-state index contributed by atoms with van der Waals surface area (Å²) in [6.45, 7) is 1.25. The number of aromatic nitrogens is 1. The van der Waals surface area contributed by atoms with Crippen molar-refractivity contribution in [3.05, 3.63) is 89.5 Å². The molecule has 1 aromatic heterocycles. The van der Waals surface area contributed by atoms with E-state index in [1.54, 1.807) is 12.0 Å². The van der Waals surface area contributed by atoms with E-state index in [4.69, 9.17) is 14.5 Å². The van der Waals surface area contributed by atoms with Gasteiger partial charge in [-0.15, -0.1) is 0 Å². The Hall–Kier alpha value is -3.22. The quantitative estimate of drug-likeness (QED) is 0.355. The fraction of sp³-hybridized carbons (Fsp3) is 0.259. The lowest BCUT2D eigenvalue weighted by atomic mass is 10.0. The molecule has 1 unspecified atom stereocenters. The zero-order valence-corrected chi connectivity index (χ0v) is 19.4. The topological polar surface area (TPSA) is 51.7 Å². The molecule has 168 valence electrons. The summed E-state index contributed by atoms with van der Waals surface area (Å²) in [4.78, 5) is 20.2. The van der Waals surface area contributed by atoms with Crippen LogP contribution in [-0.2, 0) is 11.2 Å². The van der Waals surface area contributed by atoms with Gasteiger partial charge in [0.1, 0.15) is 5.75 Å². The third-order valence-corrected chi connectivity index (χ3v) is 6.98. The second kappa shape index (κ2) is 9.73.